The van der Waals surface area contributed by atoms with Gasteiger partial charge in [-0.15, -0.1) is 0 Å². The second-order valence-electron chi connectivity index (χ2n) is 6.31. The number of piperidine rings is 1. The van der Waals surface area contributed by atoms with Crippen LogP contribution < -0.4 is 0 Å². The Kier molecular flexibility index (Phi) is 3.76. The fourth-order valence-corrected chi connectivity index (χ4v) is 3.42. The lowest BCUT2D eigenvalue weighted by molar-refractivity contribution is 0.0667. The van der Waals surface area contributed by atoms with Gasteiger partial charge in [-0.25, -0.2) is 4.79 Å². The number of aromatic amines is 1. The van der Waals surface area contributed by atoms with Crippen LogP contribution in [-0.2, 0) is 0 Å². The third-order valence-electron chi connectivity index (χ3n) is 4.73. The summed E-state index contributed by atoms with van der Waals surface area (Å²) in [6.45, 7) is 1.22. The van der Waals surface area contributed by atoms with E-state index in [-0.39, 0.29) is 17.5 Å². The number of para-hydroxylation sites is 1. The Morgan fingerprint density at radius 1 is 1.28 bits per heavy atom. The molecular formula is C18H18N4O3. The van der Waals surface area contributed by atoms with Crippen LogP contribution in [0.4, 0.5) is 0 Å². The number of benzene rings is 1. The minimum absolute atomic E-state index is 0.00370. The van der Waals surface area contributed by atoms with Crippen LogP contribution >= 0.6 is 0 Å². The highest BCUT2D eigenvalue weighted by Gasteiger charge is 2.27. The Morgan fingerprint density at radius 2 is 2.12 bits per heavy atom. The average molecular weight is 338 g/mol. The molecular weight excluding hydrogens is 320 g/mol. The van der Waals surface area contributed by atoms with Gasteiger partial charge < -0.3 is 15.0 Å². The third-order valence-corrected chi connectivity index (χ3v) is 4.73. The highest BCUT2D eigenvalue weighted by molar-refractivity contribution is 6.06. The minimum Gasteiger partial charge on any atom is -0.478 e. The number of amides is 1. The molecule has 0 spiro atoms. The van der Waals surface area contributed by atoms with Crippen LogP contribution in [0.1, 0.15) is 39.6 Å². The maximum absolute atomic E-state index is 12.9. The SMILES string of the molecule is O=C(O)c1cnn([C@H]2CCCN(C(=O)c3c[nH]c4ccccc34)C2)c1. The largest absolute Gasteiger partial charge is 0.478 e. The van der Waals surface area contributed by atoms with E-state index in [1.165, 1.54) is 12.4 Å². The molecule has 3 heterocycles. The van der Waals surface area contributed by atoms with Crippen molar-refractivity contribution >= 4 is 22.8 Å². The van der Waals surface area contributed by atoms with Gasteiger partial charge in [0.15, 0.2) is 0 Å². The average Bonchev–Trinajstić information content (AvgIpc) is 3.28. The van der Waals surface area contributed by atoms with Crippen molar-refractivity contribution in [2.75, 3.05) is 13.1 Å². The Bertz CT molecular complexity index is 943. The van der Waals surface area contributed by atoms with Crippen LogP contribution in [0.2, 0.25) is 0 Å². The summed E-state index contributed by atoms with van der Waals surface area (Å²) in [5, 5.41) is 14.1. The second-order valence-corrected chi connectivity index (χ2v) is 6.31. The maximum Gasteiger partial charge on any atom is 0.338 e. The molecule has 0 saturated carbocycles. The molecule has 1 aromatic carbocycles. The molecule has 1 amide bonds. The number of fused-ring (bicyclic) bond motifs is 1. The first-order valence-electron chi connectivity index (χ1n) is 8.26. The summed E-state index contributed by atoms with van der Waals surface area (Å²) in [5.41, 5.74) is 1.78. The summed E-state index contributed by atoms with van der Waals surface area (Å²) in [6.07, 6.45) is 6.38. The van der Waals surface area contributed by atoms with Gasteiger partial charge in [0.05, 0.1) is 23.4 Å². The van der Waals surface area contributed by atoms with E-state index in [1.807, 2.05) is 29.2 Å². The Labute approximate surface area is 143 Å². The molecule has 0 radical (unpaired) electrons. The molecule has 1 saturated heterocycles. The smallest absolute Gasteiger partial charge is 0.338 e. The Hall–Kier alpha value is -3.09. The molecule has 1 aliphatic heterocycles. The maximum atomic E-state index is 12.9. The van der Waals surface area contributed by atoms with Crippen molar-refractivity contribution < 1.29 is 14.7 Å². The van der Waals surface area contributed by atoms with Crippen LogP contribution in [0.15, 0.2) is 42.9 Å². The predicted octanol–water partition coefficient (Wildman–Crippen LogP) is 2.54. The van der Waals surface area contributed by atoms with Crippen LogP contribution in [0.5, 0.6) is 0 Å². The van der Waals surface area contributed by atoms with Gasteiger partial charge in [0.2, 0.25) is 0 Å². The third kappa shape index (κ3) is 2.77. The van der Waals surface area contributed by atoms with Crippen molar-refractivity contribution in [1.29, 1.82) is 0 Å². The van der Waals surface area contributed by atoms with E-state index in [0.29, 0.717) is 18.7 Å². The van der Waals surface area contributed by atoms with E-state index in [0.717, 1.165) is 23.7 Å². The van der Waals surface area contributed by atoms with E-state index >= 15 is 0 Å². The van der Waals surface area contributed by atoms with E-state index in [1.54, 1.807) is 10.9 Å². The first-order chi connectivity index (χ1) is 12.1. The van der Waals surface area contributed by atoms with Gasteiger partial charge in [0, 0.05) is 36.4 Å². The van der Waals surface area contributed by atoms with Gasteiger partial charge in [-0.2, -0.15) is 5.10 Å². The zero-order chi connectivity index (χ0) is 17.4. The highest BCUT2D eigenvalue weighted by Crippen LogP contribution is 2.25. The van der Waals surface area contributed by atoms with Gasteiger partial charge in [0.25, 0.3) is 5.91 Å². The molecule has 4 rings (SSSR count). The molecule has 3 aromatic rings. The zero-order valence-electron chi connectivity index (χ0n) is 13.6. The van der Waals surface area contributed by atoms with Crippen molar-refractivity contribution in [1.82, 2.24) is 19.7 Å². The minimum atomic E-state index is -0.992. The Balaban J connectivity index is 1.56. The zero-order valence-corrected chi connectivity index (χ0v) is 13.6. The molecule has 0 unspecified atom stereocenters. The van der Waals surface area contributed by atoms with Crippen molar-refractivity contribution in [3.63, 3.8) is 0 Å². The first kappa shape index (κ1) is 15.4. The normalized spacial score (nSPS) is 17.8. The van der Waals surface area contributed by atoms with Crippen LogP contribution in [0.25, 0.3) is 10.9 Å². The Morgan fingerprint density at radius 3 is 2.92 bits per heavy atom. The van der Waals surface area contributed by atoms with Gasteiger partial charge in [-0.05, 0) is 18.9 Å². The molecule has 2 aromatic heterocycles. The highest BCUT2D eigenvalue weighted by atomic mass is 16.4. The van der Waals surface area contributed by atoms with Crippen molar-refractivity contribution in [2.45, 2.75) is 18.9 Å². The van der Waals surface area contributed by atoms with Gasteiger partial charge in [-0.3, -0.25) is 9.48 Å². The number of H-pyrrole nitrogens is 1. The molecule has 1 aliphatic rings. The number of nitrogens with zero attached hydrogens (tertiary/aromatic N) is 3. The summed E-state index contributed by atoms with van der Waals surface area (Å²) in [5.74, 6) is -0.999. The van der Waals surface area contributed by atoms with Crippen molar-refractivity contribution in [3.05, 3.63) is 54.0 Å². The molecule has 2 N–H and O–H groups in total. The number of hydrogen-bond donors (Lipinski definition) is 2. The summed E-state index contributed by atoms with van der Waals surface area (Å²) in [6, 6.07) is 7.73. The molecule has 1 atom stereocenters. The monoisotopic (exact) mass is 338 g/mol. The standard InChI is InChI=1S/C18H18N4O3/c23-17(15-9-19-16-6-2-1-5-14(15)16)21-7-3-4-13(11-21)22-10-12(8-20-22)18(24)25/h1-2,5-6,8-10,13,19H,3-4,7,11H2,(H,24,25)/t13-/m0/s1. The second kappa shape index (κ2) is 6.08. The number of likely N-dealkylation sites (tertiary alicyclic amines) is 1. The van der Waals surface area contributed by atoms with E-state index in [4.69, 9.17) is 5.11 Å². The number of hydrogen-bond acceptors (Lipinski definition) is 3. The van der Waals surface area contributed by atoms with E-state index in [9.17, 15) is 9.59 Å². The van der Waals surface area contributed by atoms with Crippen molar-refractivity contribution in [2.24, 2.45) is 0 Å². The molecule has 7 heteroatoms. The lowest BCUT2D eigenvalue weighted by Gasteiger charge is -2.32. The first-order valence-corrected chi connectivity index (χ1v) is 8.26. The quantitative estimate of drug-likeness (QED) is 0.768. The summed E-state index contributed by atoms with van der Waals surface area (Å²) >= 11 is 0. The lowest BCUT2D eigenvalue weighted by atomic mass is 10.0. The molecule has 128 valence electrons. The number of rotatable bonds is 3. The fourth-order valence-electron chi connectivity index (χ4n) is 3.42. The molecule has 0 aliphatic carbocycles. The number of carboxylic acids is 1. The van der Waals surface area contributed by atoms with Crippen LogP contribution in [-0.4, -0.2) is 49.7 Å². The van der Waals surface area contributed by atoms with Crippen LogP contribution in [0.3, 0.4) is 0 Å². The predicted molar refractivity (Wildman–Crippen MR) is 91.7 cm³/mol. The van der Waals surface area contributed by atoms with Crippen molar-refractivity contribution in [3.8, 4) is 0 Å². The number of carbonyl (C=O) groups is 2. The van der Waals surface area contributed by atoms with E-state index < -0.39 is 5.97 Å². The summed E-state index contributed by atoms with van der Waals surface area (Å²) in [4.78, 5) is 28.9. The molecule has 0 bridgehead atoms. The summed E-state index contributed by atoms with van der Waals surface area (Å²) < 4.78 is 1.66. The van der Waals surface area contributed by atoms with Crippen LogP contribution in [0, 0.1) is 0 Å². The number of nitrogens with one attached hydrogen (secondary N) is 1. The molecule has 1 fully saturated rings. The number of aromatic carboxylic acids is 1. The fraction of sp³-hybridized carbons (Fsp3) is 0.278. The van der Waals surface area contributed by atoms with Gasteiger partial charge in [-0.1, -0.05) is 18.2 Å². The van der Waals surface area contributed by atoms with Gasteiger partial charge >= 0.3 is 5.97 Å². The summed E-state index contributed by atoms with van der Waals surface area (Å²) in [7, 11) is 0. The number of carbonyl (C=O) groups excluding carboxylic acids is 1. The topological polar surface area (TPSA) is 91.2 Å². The number of carboxylic acid groups (broad SMARTS) is 1. The van der Waals surface area contributed by atoms with Gasteiger partial charge in [0.1, 0.15) is 0 Å². The van der Waals surface area contributed by atoms with E-state index in [2.05, 4.69) is 10.1 Å². The lowest BCUT2D eigenvalue weighted by Crippen LogP contribution is -2.40. The molecule has 7 nitrogen and oxygen atoms in total. The molecule has 25 heavy (non-hydrogen) atoms. The number of aromatic nitrogens is 3.